The summed E-state index contributed by atoms with van der Waals surface area (Å²) in [6, 6.07) is 4.92. The van der Waals surface area contributed by atoms with Gasteiger partial charge in [0.05, 0.1) is 11.0 Å². The van der Waals surface area contributed by atoms with Crippen LogP contribution in [0.3, 0.4) is 0 Å². The SMILES string of the molecule is CC(N)(C#N)COc1ccc([N+](=O)[O-])c(F)c1. The summed E-state index contributed by atoms with van der Waals surface area (Å²) in [5.74, 6) is -0.914. The summed E-state index contributed by atoms with van der Waals surface area (Å²) >= 11 is 0. The van der Waals surface area contributed by atoms with Crippen LogP contribution in [0.4, 0.5) is 10.1 Å². The zero-order chi connectivity index (χ0) is 13.1. The Labute approximate surface area is 96.6 Å². The Morgan fingerprint density at radius 3 is 2.82 bits per heavy atom. The molecule has 1 rings (SSSR count). The third kappa shape index (κ3) is 3.39. The fraction of sp³-hybridized carbons (Fsp3) is 0.300. The van der Waals surface area contributed by atoms with Gasteiger partial charge >= 0.3 is 5.69 Å². The Kier molecular flexibility index (Phi) is 3.60. The van der Waals surface area contributed by atoms with Crippen molar-refractivity contribution in [2.45, 2.75) is 12.5 Å². The number of halogens is 1. The number of hydrogen-bond acceptors (Lipinski definition) is 5. The molecule has 0 aliphatic carbocycles. The molecule has 0 aromatic heterocycles. The van der Waals surface area contributed by atoms with Crippen LogP contribution in [0.15, 0.2) is 18.2 Å². The molecular weight excluding hydrogens is 229 g/mol. The molecule has 1 aromatic rings. The molecule has 90 valence electrons. The van der Waals surface area contributed by atoms with Gasteiger partial charge in [-0.2, -0.15) is 9.65 Å². The zero-order valence-corrected chi connectivity index (χ0v) is 9.01. The van der Waals surface area contributed by atoms with Gasteiger partial charge in [0.25, 0.3) is 0 Å². The monoisotopic (exact) mass is 239 g/mol. The molecule has 0 saturated heterocycles. The minimum atomic E-state index is -1.20. The van der Waals surface area contributed by atoms with Gasteiger partial charge < -0.3 is 10.5 Å². The number of hydrogen-bond donors (Lipinski definition) is 1. The first-order valence-electron chi connectivity index (χ1n) is 4.62. The first-order chi connectivity index (χ1) is 7.85. The maximum Gasteiger partial charge on any atom is 0.305 e. The van der Waals surface area contributed by atoms with Gasteiger partial charge in [-0.1, -0.05) is 0 Å². The molecule has 17 heavy (non-hydrogen) atoms. The average molecular weight is 239 g/mol. The maximum atomic E-state index is 13.2. The molecule has 0 amide bonds. The molecule has 0 heterocycles. The first-order valence-corrected chi connectivity index (χ1v) is 4.62. The second-order valence-corrected chi connectivity index (χ2v) is 3.69. The molecule has 0 saturated carbocycles. The number of nitrogens with zero attached hydrogens (tertiary/aromatic N) is 2. The van der Waals surface area contributed by atoms with Crippen molar-refractivity contribution in [2.24, 2.45) is 5.73 Å². The van der Waals surface area contributed by atoms with E-state index in [1.807, 2.05) is 0 Å². The number of rotatable bonds is 4. The molecule has 1 aromatic carbocycles. The van der Waals surface area contributed by atoms with Gasteiger partial charge in [-0.3, -0.25) is 10.1 Å². The summed E-state index contributed by atoms with van der Waals surface area (Å²) in [5.41, 5.74) is 3.66. The molecule has 0 aliphatic rings. The summed E-state index contributed by atoms with van der Waals surface area (Å²) in [4.78, 5) is 9.53. The van der Waals surface area contributed by atoms with Crippen LogP contribution in [0.5, 0.6) is 5.75 Å². The number of nitrogens with two attached hydrogens (primary N) is 1. The smallest absolute Gasteiger partial charge is 0.305 e. The minimum Gasteiger partial charge on any atom is -0.490 e. The summed E-state index contributed by atoms with van der Waals surface area (Å²) in [6.07, 6.45) is 0. The second-order valence-electron chi connectivity index (χ2n) is 3.69. The number of nitriles is 1. The van der Waals surface area contributed by atoms with Crippen molar-refractivity contribution in [1.29, 1.82) is 5.26 Å². The van der Waals surface area contributed by atoms with Crippen LogP contribution in [0.1, 0.15) is 6.92 Å². The molecule has 1 unspecified atom stereocenters. The van der Waals surface area contributed by atoms with Crippen molar-refractivity contribution >= 4 is 5.69 Å². The van der Waals surface area contributed by atoms with E-state index in [4.69, 9.17) is 15.7 Å². The lowest BCUT2D eigenvalue weighted by atomic mass is 10.1. The Balaban J connectivity index is 2.79. The predicted molar refractivity (Wildman–Crippen MR) is 56.8 cm³/mol. The van der Waals surface area contributed by atoms with Gasteiger partial charge in [-0.25, -0.2) is 0 Å². The highest BCUT2D eigenvalue weighted by Crippen LogP contribution is 2.22. The standard InChI is InChI=1S/C10H10FN3O3/c1-10(13,5-12)6-17-7-2-3-9(14(15)16)8(11)4-7/h2-4H,6,13H2,1H3. The fourth-order valence-corrected chi connectivity index (χ4v) is 0.991. The quantitative estimate of drug-likeness (QED) is 0.631. The van der Waals surface area contributed by atoms with Gasteiger partial charge in [0, 0.05) is 12.1 Å². The van der Waals surface area contributed by atoms with E-state index in [2.05, 4.69) is 0 Å². The van der Waals surface area contributed by atoms with Gasteiger partial charge in [-0.15, -0.1) is 0 Å². The minimum absolute atomic E-state index is 0.0834. The summed E-state index contributed by atoms with van der Waals surface area (Å²) in [7, 11) is 0. The third-order valence-corrected chi connectivity index (χ3v) is 1.91. The number of nitro benzene ring substituents is 1. The lowest BCUT2D eigenvalue weighted by molar-refractivity contribution is -0.387. The normalized spacial score (nSPS) is 13.5. The van der Waals surface area contributed by atoms with Crippen LogP contribution in [-0.4, -0.2) is 17.1 Å². The van der Waals surface area contributed by atoms with Gasteiger partial charge in [0.2, 0.25) is 5.82 Å². The van der Waals surface area contributed by atoms with E-state index in [-0.39, 0.29) is 12.4 Å². The molecule has 0 radical (unpaired) electrons. The van der Waals surface area contributed by atoms with Crippen molar-refractivity contribution in [3.05, 3.63) is 34.1 Å². The van der Waals surface area contributed by atoms with E-state index in [0.29, 0.717) is 0 Å². The van der Waals surface area contributed by atoms with Gasteiger partial charge in [0.15, 0.2) is 0 Å². The van der Waals surface area contributed by atoms with Gasteiger partial charge in [-0.05, 0) is 13.0 Å². The van der Waals surface area contributed by atoms with E-state index in [9.17, 15) is 14.5 Å². The lowest BCUT2D eigenvalue weighted by Gasteiger charge is -2.15. The fourth-order valence-electron chi connectivity index (χ4n) is 0.991. The lowest BCUT2D eigenvalue weighted by Crippen LogP contribution is -2.40. The molecule has 6 nitrogen and oxygen atoms in total. The van der Waals surface area contributed by atoms with Crippen LogP contribution in [0.2, 0.25) is 0 Å². The highest BCUT2D eigenvalue weighted by Gasteiger charge is 2.19. The third-order valence-electron chi connectivity index (χ3n) is 1.91. The van der Waals surface area contributed by atoms with Crippen molar-refractivity contribution in [1.82, 2.24) is 0 Å². The van der Waals surface area contributed by atoms with Crippen molar-refractivity contribution < 1.29 is 14.1 Å². The molecule has 0 fully saturated rings. The largest absolute Gasteiger partial charge is 0.490 e. The Morgan fingerprint density at radius 2 is 2.35 bits per heavy atom. The zero-order valence-electron chi connectivity index (χ0n) is 9.01. The highest BCUT2D eigenvalue weighted by molar-refractivity contribution is 5.38. The Hall–Kier alpha value is -2.20. The molecule has 1 atom stereocenters. The topological polar surface area (TPSA) is 102 Å². The number of nitro groups is 1. The summed E-state index contributed by atoms with van der Waals surface area (Å²) < 4.78 is 18.3. The van der Waals surface area contributed by atoms with Crippen molar-refractivity contribution in [2.75, 3.05) is 6.61 Å². The summed E-state index contributed by atoms with van der Waals surface area (Å²) in [6.45, 7) is 1.31. The molecule has 0 bridgehead atoms. The first kappa shape index (κ1) is 12.9. The van der Waals surface area contributed by atoms with Gasteiger partial charge in [0.1, 0.15) is 17.9 Å². The molecular formula is C10H10FN3O3. The van der Waals surface area contributed by atoms with Crippen LogP contribution < -0.4 is 10.5 Å². The molecule has 7 heteroatoms. The van der Waals surface area contributed by atoms with E-state index in [1.54, 1.807) is 6.07 Å². The van der Waals surface area contributed by atoms with E-state index in [0.717, 1.165) is 12.1 Å². The van der Waals surface area contributed by atoms with E-state index >= 15 is 0 Å². The molecule has 0 aliphatic heterocycles. The Morgan fingerprint density at radius 1 is 1.71 bits per heavy atom. The van der Waals surface area contributed by atoms with E-state index in [1.165, 1.54) is 13.0 Å². The van der Waals surface area contributed by atoms with Crippen molar-refractivity contribution in [3.63, 3.8) is 0 Å². The number of benzene rings is 1. The average Bonchev–Trinajstić information content (AvgIpc) is 2.26. The van der Waals surface area contributed by atoms with Crippen LogP contribution in [0.25, 0.3) is 0 Å². The van der Waals surface area contributed by atoms with Crippen LogP contribution in [-0.2, 0) is 0 Å². The summed E-state index contributed by atoms with van der Waals surface area (Å²) in [5, 5.41) is 19.0. The van der Waals surface area contributed by atoms with Crippen LogP contribution in [0, 0.1) is 27.3 Å². The maximum absolute atomic E-state index is 13.2. The molecule has 0 spiro atoms. The highest BCUT2D eigenvalue weighted by atomic mass is 19.1. The Bertz CT molecular complexity index is 482. The number of ether oxygens (including phenoxy) is 1. The molecule has 2 N–H and O–H groups in total. The predicted octanol–water partition coefficient (Wildman–Crippen LogP) is 1.35. The second kappa shape index (κ2) is 4.76. The van der Waals surface area contributed by atoms with Crippen LogP contribution >= 0.6 is 0 Å². The van der Waals surface area contributed by atoms with E-state index < -0.39 is 22.0 Å². The van der Waals surface area contributed by atoms with Crippen molar-refractivity contribution in [3.8, 4) is 11.8 Å².